The lowest BCUT2D eigenvalue weighted by atomic mass is 9.54. The first-order chi connectivity index (χ1) is 32.1. The minimum atomic E-state index is -1.18. The Hall–Kier alpha value is -4.49. The molecule has 0 spiro atoms. The molecule has 4 aromatic rings. The molecule has 0 aromatic heterocycles. The summed E-state index contributed by atoms with van der Waals surface area (Å²) >= 11 is 0. The molecular weight excluding hydrogens is 835 g/mol. The number of methoxy groups -OCH3 is 2. The predicted octanol–water partition coefficient (Wildman–Crippen LogP) is 8.20. The third-order valence-electron chi connectivity index (χ3n) is 16.1. The van der Waals surface area contributed by atoms with Crippen molar-refractivity contribution in [3.8, 4) is 0 Å². The highest BCUT2D eigenvalue weighted by atomic mass is 19.1. The van der Waals surface area contributed by atoms with Gasteiger partial charge in [-0.15, -0.1) is 0 Å². The molecular formula is C55H68F2N4O5. The van der Waals surface area contributed by atoms with Gasteiger partial charge in [0.2, 0.25) is 0 Å². The fraction of sp³-hybridized carbons (Fsp3) is 0.509. The van der Waals surface area contributed by atoms with Gasteiger partial charge in [0.05, 0.1) is 24.3 Å². The summed E-state index contributed by atoms with van der Waals surface area (Å²) in [5.74, 6) is -3.28. The smallest absolute Gasteiger partial charge is 0.173 e. The molecule has 4 aromatic carbocycles. The van der Waals surface area contributed by atoms with Gasteiger partial charge >= 0.3 is 0 Å². The first-order valence-corrected chi connectivity index (χ1v) is 24.2. The minimum absolute atomic E-state index is 0.0380. The second kappa shape index (κ2) is 21.2. The molecule has 2 unspecified atom stereocenters. The Morgan fingerprint density at radius 3 is 1.38 bits per heavy atom. The Morgan fingerprint density at radius 1 is 0.606 bits per heavy atom. The molecule has 8 rings (SSSR count). The number of carbonyl (C=O) groups is 3. The molecule has 4 fully saturated rings. The molecule has 2 N–H and O–H groups in total. The molecule has 0 radical (unpaired) electrons. The monoisotopic (exact) mass is 903 g/mol. The number of piperidine rings is 4. The topological polar surface area (TPSA) is 100 Å². The molecule has 66 heavy (non-hydrogen) atoms. The molecule has 4 aliphatic rings. The fourth-order valence-corrected chi connectivity index (χ4v) is 12.7. The number of nitrogens with one attached hydrogen (secondary N) is 2. The number of carbonyl (C=O) groups excluding carboxylic acids is 3. The van der Waals surface area contributed by atoms with Crippen LogP contribution in [0, 0.1) is 49.2 Å². The molecule has 0 amide bonds. The zero-order chi connectivity index (χ0) is 46.4. The number of nitrogens with zero attached hydrogens (tertiary/aromatic N) is 2. The second-order valence-corrected chi connectivity index (χ2v) is 19.3. The maximum Gasteiger partial charge on any atom is 0.173 e. The van der Waals surface area contributed by atoms with Crippen molar-refractivity contribution in [2.75, 3.05) is 79.8 Å². The van der Waals surface area contributed by atoms with Crippen molar-refractivity contribution in [3.63, 3.8) is 0 Å². The van der Waals surface area contributed by atoms with Crippen molar-refractivity contribution in [3.05, 3.63) is 142 Å². The van der Waals surface area contributed by atoms with Crippen LogP contribution in [0.4, 0.5) is 8.78 Å². The van der Waals surface area contributed by atoms with Crippen molar-refractivity contribution in [1.29, 1.82) is 0 Å². The molecule has 4 saturated heterocycles. The van der Waals surface area contributed by atoms with Crippen LogP contribution in [0.5, 0.6) is 0 Å². The van der Waals surface area contributed by atoms with Crippen LogP contribution in [0.2, 0.25) is 0 Å². The first kappa shape index (κ1) is 48.0. The number of Topliss-reactive ketones (excluding diaryl/α,β-unsaturated/α-hetero) is 3. The van der Waals surface area contributed by atoms with Crippen LogP contribution in [-0.4, -0.2) is 118 Å². The van der Waals surface area contributed by atoms with Gasteiger partial charge in [0, 0.05) is 76.5 Å². The van der Waals surface area contributed by atoms with E-state index in [1.807, 2.05) is 72.8 Å². The van der Waals surface area contributed by atoms with Gasteiger partial charge in [-0.05, 0) is 124 Å². The van der Waals surface area contributed by atoms with Crippen LogP contribution in [0.1, 0.15) is 93.3 Å². The van der Waals surface area contributed by atoms with E-state index in [0.717, 1.165) is 49.9 Å². The molecule has 0 bridgehead atoms. The van der Waals surface area contributed by atoms with Crippen LogP contribution >= 0.6 is 0 Å². The maximum atomic E-state index is 17.8. The number of hydrogen-bond acceptors (Lipinski definition) is 9. The SMILES string of the molecule is COCCN1C[C@H](C(=O)c2ccccc2)[C@H](c2cccc(F)c2C)C[C@]1(C(=O)[C@]1(C2CCCNC2)C[C@@H](c2cccc(F)c2C)[C@@H](C(=O)c2ccccc2)CN1CCOC)C1CCCNC1. The maximum absolute atomic E-state index is 17.8. The van der Waals surface area contributed by atoms with E-state index >= 15 is 23.2 Å². The summed E-state index contributed by atoms with van der Waals surface area (Å²) in [6.45, 7) is 8.36. The van der Waals surface area contributed by atoms with Gasteiger partial charge in [-0.25, -0.2) is 8.78 Å². The highest BCUT2D eigenvalue weighted by Gasteiger charge is 2.66. The van der Waals surface area contributed by atoms with Crippen LogP contribution in [0.15, 0.2) is 97.1 Å². The van der Waals surface area contributed by atoms with Crippen molar-refractivity contribution in [1.82, 2.24) is 20.4 Å². The van der Waals surface area contributed by atoms with Gasteiger partial charge in [0.25, 0.3) is 0 Å². The van der Waals surface area contributed by atoms with E-state index in [0.29, 0.717) is 61.6 Å². The lowest BCUT2D eigenvalue weighted by Crippen LogP contribution is -2.77. The van der Waals surface area contributed by atoms with Crippen molar-refractivity contribution in [2.24, 2.45) is 23.7 Å². The van der Waals surface area contributed by atoms with Crippen molar-refractivity contribution < 1.29 is 32.6 Å². The van der Waals surface area contributed by atoms with E-state index in [1.54, 1.807) is 40.2 Å². The van der Waals surface area contributed by atoms with E-state index in [9.17, 15) is 0 Å². The highest BCUT2D eigenvalue weighted by molar-refractivity contribution is 6.02. The Kier molecular flexibility index (Phi) is 15.4. The van der Waals surface area contributed by atoms with E-state index in [2.05, 4.69) is 20.4 Å². The molecule has 11 heteroatoms. The lowest BCUT2D eigenvalue weighted by Gasteiger charge is -2.63. The predicted molar refractivity (Wildman–Crippen MR) is 254 cm³/mol. The number of ether oxygens (including phenoxy) is 2. The van der Waals surface area contributed by atoms with E-state index < -0.39 is 34.7 Å². The van der Waals surface area contributed by atoms with Gasteiger partial charge in [0.1, 0.15) is 11.6 Å². The number of rotatable bonds is 16. The van der Waals surface area contributed by atoms with Crippen LogP contribution in [0.25, 0.3) is 0 Å². The van der Waals surface area contributed by atoms with Gasteiger partial charge in [0.15, 0.2) is 17.3 Å². The largest absolute Gasteiger partial charge is 0.383 e. The third-order valence-corrected chi connectivity index (χ3v) is 16.1. The molecule has 0 saturated carbocycles. The minimum Gasteiger partial charge on any atom is -0.383 e. The summed E-state index contributed by atoms with van der Waals surface area (Å²) < 4.78 is 43.6. The van der Waals surface area contributed by atoms with Crippen LogP contribution < -0.4 is 10.6 Å². The zero-order valence-electron chi connectivity index (χ0n) is 39.2. The third kappa shape index (κ3) is 9.11. The Balaban J connectivity index is 1.39. The van der Waals surface area contributed by atoms with Gasteiger partial charge in [-0.3, -0.25) is 24.2 Å². The summed E-state index contributed by atoms with van der Waals surface area (Å²) in [6.07, 6.45) is 3.83. The van der Waals surface area contributed by atoms with E-state index in [-0.39, 0.29) is 66.8 Å². The Bertz CT molecular complexity index is 2140. The molecule has 352 valence electrons. The zero-order valence-corrected chi connectivity index (χ0v) is 39.2. The number of ketones is 3. The van der Waals surface area contributed by atoms with Gasteiger partial charge in [-0.1, -0.05) is 84.9 Å². The quantitative estimate of drug-likeness (QED) is 0.108. The standard InChI is InChI=1S/C55H68F2N4O5/c1-37-43(21-11-23-49(37)56)45-31-54(41-19-13-25-58-33-41,60(27-29-65-3)35-47(45)51(62)39-15-7-5-8-16-39)53(64)55(42-20-14-26-59-34-42)32-46(44-22-12-24-50(57)38(44)2)48(36-61(55)28-30-66-4)52(63)40-17-9-6-10-18-40/h5-12,15-18,21-24,41-42,45-48,58-59H,13-14,19-20,25-36H2,1-4H3/t41?,42?,45-,46-,47-,48-,54+,55+/m0/s1. The number of hydrogen-bond donors (Lipinski definition) is 2. The summed E-state index contributed by atoms with van der Waals surface area (Å²) in [7, 11) is 3.33. The Labute approximate surface area is 390 Å². The van der Waals surface area contributed by atoms with E-state index in [1.165, 1.54) is 12.1 Å². The Morgan fingerprint density at radius 2 is 1.02 bits per heavy atom. The molecule has 4 heterocycles. The van der Waals surface area contributed by atoms with Gasteiger partial charge in [-0.2, -0.15) is 0 Å². The van der Waals surface area contributed by atoms with Crippen molar-refractivity contribution in [2.45, 2.75) is 75.3 Å². The first-order valence-electron chi connectivity index (χ1n) is 24.2. The lowest BCUT2D eigenvalue weighted by molar-refractivity contribution is -0.167. The van der Waals surface area contributed by atoms with Gasteiger partial charge < -0.3 is 20.1 Å². The molecule has 4 aliphatic heterocycles. The molecule has 0 aliphatic carbocycles. The summed E-state index contributed by atoms with van der Waals surface area (Å²) in [6, 6.07) is 28.9. The normalized spacial score (nSPS) is 28.8. The average molecular weight is 903 g/mol. The summed E-state index contributed by atoms with van der Waals surface area (Å²) in [4.78, 5) is 52.5. The second-order valence-electron chi connectivity index (χ2n) is 19.3. The highest BCUT2D eigenvalue weighted by Crippen LogP contribution is 2.56. The molecule has 9 nitrogen and oxygen atoms in total. The number of halogens is 2. The molecule has 8 atom stereocenters. The number of likely N-dealkylation sites (tertiary alicyclic amines) is 2. The van der Waals surface area contributed by atoms with E-state index in [4.69, 9.17) is 9.47 Å². The number of benzene rings is 4. The average Bonchev–Trinajstić information content (AvgIpc) is 3.36. The fourth-order valence-electron chi connectivity index (χ4n) is 12.7. The van der Waals surface area contributed by atoms with Crippen LogP contribution in [0.3, 0.4) is 0 Å². The summed E-state index contributed by atoms with van der Waals surface area (Å²) in [5.41, 5.74) is 1.26. The van der Waals surface area contributed by atoms with Crippen LogP contribution in [-0.2, 0) is 14.3 Å². The van der Waals surface area contributed by atoms with Crippen molar-refractivity contribution >= 4 is 17.3 Å². The summed E-state index contributed by atoms with van der Waals surface area (Å²) in [5, 5.41) is 7.37.